The van der Waals surface area contributed by atoms with Gasteiger partial charge in [0.05, 0.1) is 18.7 Å². The third kappa shape index (κ3) is 3.19. The highest BCUT2D eigenvalue weighted by molar-refractivity contribution is 6.07. The number of ether oxygens (including phenoxy) is 1. The zero-order valence-electron chi connectivity index (χ0n) is 13.0. The van der Waals surface area contributed by atoms with Crippen molar-refractivity contribution in [3.63, 3.8) is 0 Å². The van der Waals surface area contributed by atoms with Crippen molar-refractivity contribution < 1.29 is 18.7 Å². The zero-order chi connectivity index (χ0) is 17.1. The van der Waals surface area contributed by atoms with Crippen LogP contribution in [-0.2, 0) is 4.79 Å². The molecule has 0 radical (unpaired) electrons. The number of pyridine rings is 1. The van der Waals surface area contributed by atoms with E-state index in [0.717, 1.165) is 0 Å². The molecule has 1 saturated heterocycles. The molecule has 1 fully saturated rings. The van der Waals surface area contributed by atoms with E-state index in [9.17, 15) is 14.0 Å². The molecule has 124 valence electrons. The van der Waals surface area contributed by atoms with Gasteiger partial charge in [-0.05, 0) is 37.3 Å². The molecular weight excluding hydrogens is 313 g/mol. The lowest BCUT2D eigenvalue weighted by atomic mass is 10.1. The average molecular weight is 329 g/mol. The van der Waals surface area contributed by atoms with E-state index in [1.54, 1.807) is 12.1 Å². The Hall–Kier alpha value is -2.96. The molecule has 6 nitrogen and oxygen atoms in total. The lowest BCUT2D eigenvalue weighted by Gasteiger charge is -2.38. The van der Waals surface area contributed by atoms with E-state index in [0.29, 0.717) is 30.3 Å². The van der Waals surface area contributed by atoms with Gasteiger partial charge in [-0.1, -0.05) is 0 Å². The van der Waals surface area contributed by atoms with Crippen LogP contribution in [0.4, 0.5) is 10.1 Å². The van der Waals surface area contributed by atoms with Crippen molar-refractivity contribution in [1.82, 2.24) is 10.3 Å². The Morgan fingerprint density at radius 1 is 1.33 bits per heavy atom. The van der Waals surface area contributed by atoms with Crippen LogP contribution in [0, 0.1) is 5.82 Å². The van der Waals surface area contributed by atoms with Gasteiger partial charge < -0.3 is 15.0 Å². The Morgan fingerprint density at radius 3 is 2.67 bits per heavy atom. The summed E-state index contributed by atoms with van der Waals surface area (Å²) in [5.74, 6) is -0.521. The minimum atomic E-state index is -0.589. The Bertz CT molecular complexity index is 747. The molecule has 7 heteroatoms. The topological polar surface area (TPSA) is 71.5 Å². The number of hydrogen-bond donors (Lipinski definition) is 1. The number of nitrogens with one attached hydrogen (secondary N) is 1. The summed E-state index contributed by atoms with van der Waals surface area (Å²) in [6.45, 7) is 2.69. The lowest BCUT2D eigenvalue weighted by Crippen LogP contribution is -2.64. The van der Waals surface area contributed by atoms with Gasteiger partial charge in [0.1, 0.15) is 11.9 Å². The fourth-order valence-electron chi connectivity index (χ4n) is 2.38. The van der Waals surface area contributed by atoms with Crippen molar-refractivity contribution in [3.8, 4) is 5.88 Å². The van der Waals surface area contributed by atoms with E-state index in [-0.39, 0.29) is 17.6 Å². The van der Waals surface area contributed by atoms with Gasteiger partial charge in [0, 0.05) is 18.0 Å². The number of nitrogens with zero attached hydrogens (tertiary/aromatic N) is 2. The first-order valence-electron chi connectivity index (χ1n) is 7.55. The Morgan fingerprint density at radius 2 is 2.08 bits per heavy atom. The van der Waals surface area contributed by atoms with E-state index in [2.05, 4.69) is 10.3 Å². The minimum Gasteiger partial charge on any atom is -0.478 e. The molecule has 0 aliphatic carbocycles. The Labute approximate surface area is 138 Å². The molecule has 1 aromatic heterocycles. The maximum absolute atomic E-state index is 12.9. The van der Waals surface area contributed by atoms with Crippen LogP contribution in [0.1, 0.15) is 17.3 Å². The van der Waals surface area contributed by atoms with Gasteiger partial charge in [-0.3, -0.25) is 9.59 Å². The number of β-lactam (4-membered cyclic amide) rings is 1. The summed E-state index contributed by atoms with van der Waals surface area (Å²) in [5, 5.41) is 2.66. The molecule has 2 heterocycles. The second-order valence-corrected chi connectivity index (χ2v) is 5.27. The number of carbonyl (C=O) groups is 2. The second-order valence-electron chi connectivity index (χ2n) is 5.27. The van der Waals surface area contributed by atoms with Gasteiger partial charge in [0.15, 0.2) is 0 Å². The van der Waals surface area contributed by atoms with Gasteiger partial charge in [-0.25, -0.2) is 9.37 Å². The molecule has 3 rings (SSSR count). The number of halogens is 1. The third-order valence-corrected chi connectivity index (χ3v) is 3.66. The van der Waals surface area contributed by atoms with Crippen molar-refractivity contribution in [2.24, 2.45) is 0 Å². The summed E-state index contributed by atoms with van der Waals surface area (Å²) in [7, 11) is 0. The molecule has 0 spiro atoms. The second kappa shape index (κ2) is 6.66. The summed E-state index contributed by atoms with van der Waals surface area (Å²) >= 11 is 0. The number of carbonyl (C=O) groups excluding carboxylic acids is 2. The molecule has 24 heavy (non-hydrogen) atoms. The highest BCUT2D eigenvalue weighted by Crippen LogP contribution is 2.22. The lowest BCUT2D eigenvalue weighted by molar-refractivity contribution is -0.124. The van der Waals surface area contributed by atoms with Crippen LogP contribution in [0.5, 0.6) is 5.88 Å². The average Bonchev–Trinajstić information content (AvgIpc) is 2.60. The minimum absolute atomic E-state index is 0.228. The van der Waals surface area contributed by atoms with E-state index in [1.807, 2.05) is 6.92 Å². The van der Waals surface area contributed by atoms with Crippen LogP contribution >= 0.6 is 0 Å². The normalized spacial score (nSPS) is 16.5. The fraction of sp³-hybridized carbons (Fsp3) is 0.235. The maximum Gasteiger partial charge on any atom is 0.253 e. The van der Waals surface area contributed by atoms with Crippen molar-refractivity contribution in [3.05, 3.63) is 54.0 Å². The number of aromatic nitrogens is 1. The highest BCUT2D eigenvalue weighted by atomic mass is 19.1. The molecule has 0 bridgehead atoms. The van der Waals surface area contributed by atoms with Crippen LogP contribution in [0.25, 0.3) is 0 Å². The standard InChI is InChI=1S/C17H16FN3O3/c1-2-24-15-8-3-11(9-19-15)16(22)20-14-10-21(17(14)23)13-6-4-12(18)5-7-13/h3-9,14H,2,10H2,1H3,(H,20,22)/t14-/m1/s1. The summed E-state index contributed by atoms with van der Waals surface area (Å²) in [6.07, 6.45) is 1.40. The van der Waals surface area contributed by atoms with Crippen molar-refractivity contribution in [1.29, 1.82) is 0 Å². The summed E-state index contributed by atoms with van der Waals surface area (Å²) in [5.41, 5.74) is 0.959. The zero-order valence-corrected chi connectivity index (χ0v) is 13.0. The molecule has 1 aliphatic rings. The van der Waals surface area contributed by atoms with Crippen molar-refractivity contribution >= 4 is 17.5 Å². The van der Waals surface area contributed by atoms with Crippen molar-refractivity contribution in [2.75, 3.05) is 18.1 Å². The van der Waals surface area contributed by atoms with Crippen LogP contribution < -0.4 is 15.0 Å². The Kier molecular flexibility index (Phi) is 4.41. The molecule has 0 unspecified atom stereocenters. The van der Waals surface area contributed by atoms with E-state index < -0.39 is 6.04 Å². The van der Waals surface area contributed by atoms with Crippen LogP contribution in [0.2, 0.25) is 0 Å². The molecule has 1 N–H and O–H groups in total. The molecule has 2 aromatic rings. The molecule has 1 aliphatic heterocycles. The number of hydrogen-bond acceptors (Lipinski definition) is 4. The molecule has 2 amide bonds. The summed E-state index contributed by atoms with van der Waals surface area (Å²) in [4.78, 5) is 29.8. The number of rotatable bonds is 5. The van der Waals surface area contributed by atoms with E-state index >= 15 is 0 Å². The third-order valence-electron chi connectivity index (χ3n) is 3.66. The molecule has 1 aromatic carbocycles. The van der Waals surface area contributed by atoms with Gasteiger partial charge in [-0.15, -0.1) is 0 Å². The summed E-state index contributed by atoms with van der Waals surface area (Å²) < 4.78 is 18.1. The van der Waals surface area contributed by atoms with Crippen molar-refractivity contribution in [2.45, 2.75) is 13.0 Å². The fourth-order valence-corrected chi connectivity index (χ4v) is 2.38. The Balaban J connectivity index is 1.58. The first kappa shape index (κ1) is 15.9. The van der Waals surface area contributed by atoms with E-state index in [4.69, 9.17) is 4.74 Å². The first-order valence-corrected chi connectivity index (χ1v) is 7.55. The number of amides is 2. The largest absolute Gasteiger partial charge is 0.478 e. The van der Waals surface area contributed by atoms with Crippen LogP contribution in [0.15, 0.2) is 42.6 Å². The summed E-state index contributed by atoms with van der Waals surface area (Å²) in [6, 6.07) is 8.25. The smallest absolute Gasteiger partial charge is 0.253 e. The number of anilines is 1. The molecule has 0 saturated carbocycles. The quantitative estimate of drug-likeness (QED) is 0.849. The molecule has 1 atom stereocenters. The van der Waals surface area contributed by atoms with Gasteiger partial charge >= 0.3 is 0 Å². The highest BCUT2D eigenvalue weighted by Gasteiger charge is 2.38. The van der Waals surface area contributed by atoms with Gasteiger partial charge in [-0.2, -0.15) is 0 Å². The van der Waals surface area contributed by atoms with Gasteiger partial charge in [0.25, 0.3) is 11.8 Å². The molecular formula is C17H16FN3O3. The van der Waals surface area contributed by atoms with Crippen LogP contribution in [-0.4, -0.2) is 36.0 Å². The monoisotopic (exact) mass is 329 g/mol. The first-order chi connectivity index (χ1) is 11.6. The predicted molar refractivity (Wildman–Crippen MR) is 85.4 cm³/mol. The van der Waals surface area contributed by atoms with Gasteiger partial charge in [0.2, 0.25) is 5.88 Å². The predicted octanol–water partition coefficient (Wildman–Crippen LogP) is 1.76. The number of benzene rings is 1. The van der Waals surface area contributed by atoms with E-state index in [1.165, 1.54) is 35.4 Å². The SMILES string of the molecule is CCOc1ccc(C(=O)N[C@@H]2CN(c3ccc(F)cc3)C2=O)cn1. The van der Waals surface area contributed by atoms with Crippen LogP contribution in [0.3, 0.4) is 0 Å². The maximum atomic E-state index is 12.9.